The van der Waals surface area contributed by atoms with Crippen molar-refractivity contribution in [3.05, 3.63) is 42.5 Å². The van der Waals surface area contributed by atoms with Crippen LogP contribution in [0, 0.1) is 6.92 Å². The van der Waals surface area contributed by atoms with E-state index in [1.807, 2.05) is 31.2 Å². The summed E-state index contributed by atoms with van der Waals surface area (Å²) in [6.07, 6.45) is 3.36. The minimum atomic E-state index is 0.683. The number of hydrogen-bond donors (Lipinski definition) is 0. The molecule has 26 heavy (non-hydrogen) atoms. The van der Waals surface area contributed by atoms with Gasteiger partial charge in [0.05, 0.1) is 0 Å². The molecular weight excluding hydrogens is 330 g/mol. The van der Waals surface area contributed by atoms with E-state index in [9.17, 15) is 0 Å². The molecule has 0 unspecified atom stereocenters. The summed E-state index contributed by atoms with van der Waals surface area (Å²) < 4.78 is 1.78. The molecule has 1 fully saturated rings. The molecule has 0 bridgehead atoms. The van der Waals surface area contributed by atoms with Crippen LogP contribution in [-0.2, 0) is 0 Å². The molecule has 1 aliphatic rings. The van der Waals surface area contributed by atoms with Gasteiger partial charge in [0.15, 0.2) is 17.1 Å². The number of piperazine rings is 1. The van der Waals surface area contributed by atoms with Crippen molar-refractivity contribution in [1.82, 2.24) is 34.8 Å². The largest absolute Gasteiger partial charge is 0.353 e. The lowest BCUT2D eigenvalue weighted by Gasteiger charge is -2.35. The first kappa shape index (κ1) is 14.9. The number of rotatable bonds is 2. The molecule has 5 rings (SSSR count). The highest BCUT2D eigenvalue weighted by Crippen LogP contribution is 2.19. The fraction of sp³-hybridized carbons (Fsp3) is 0.294. The standard InChI is InChI=1S/C17H17N9/c1-12-21-22-15-4-5-16(23-26(12)15)25-10-8-24(9-11-25)14-3-2-13-17(20-14)19-7-6-18-13/h2-7H,8-11H2,1H3. The smallest absolute Gasteiger partial charge is 0.180 e. The predicted molar refractivity (Wildman–Crippen MR) is 97.3 cm³/mol. The summed E-state index contributed by atoms with van der Waals surface area (Å²) in [5, 5.41) is 12.8. The van der Waals surface area contributed by atoms with Gasteiger partial charge in [0.1, 0.15) is 17.2 Å². The van der Waals surface area contributed by atoms with Crippen molar-refractivity contribution in [2.75, 3.05) is 36.0 Å². The molecule has 0 aromatic carbocycles. The van der Waals surface area contributed by atoms with Gasteiger partial charge in [-0.3, -0.25) is 4.98 Å². The molecule has 4 aromatic rings. The Hall–Kier alpha value is -3.36. The van der Waals surface area contributed by atoms with Crippen molar-refractivity contribution in [2.45, 2.75) is 6.92 Å². The van der Waals surface area contributed by atoms with Crippen LogP contribution in [0.4, 0.5) is 11.6 Å². The Morgan fingerprint density at radius 3 is 2.38 bits per heavy atom. The second kappa shape index (κ2) is 5.87. The van der Waals surface area contributed by atoms with Gasteiger partial charge in [-0.05, 0) is 31.2 Å². The van der Waals surface area contributed by atoms with Crippen LogP contribution in [0.5, 0.6) is 0 Å². The third-order valence-electron chi connectivity index (χ3n) is 4.65. The summed E-state index contributed by atoms with van der Waals surface area (Å²) in [6.45, 7) is 5.40. The Morgan fingerprint density at radius 1 is 0.808 bits per heavy atom. The molecule has 0 spiro atoms. The number of nitrogens with zero attached hydrogens (tertiary/aromatic N) is 9. The Balaban J connectivity index is 1.35. The van der Waals surface area contributed by atoms with Gasteiger partial charge in [-0.15, -0.1) is 15.3 Å². The summed E-state index contributed by atoms with van der Waals surface area (Å²) in [7, 11) is 0. The van der Waals surface area contributed by atoms with Crippen LogP contribution in [0.2, 0.25) is 0 Å². The summed E-state index contributed by atoms with van der Waals surface area (Å²) >= 11 is 0. The van der Waals surface area contributed by atoms with E-state index >= 15 is 0 Å². The fourth-order valence-corrected chi connectivity index (χ4v) is 3.24. The molecular formula is C17H17N9. The Kier molecular flexibility index (Phi) is 3.37. The molecule has 1 saturated heterocycles. The minimum Gasteiger partial charge on any atom is -0.353 e. The first-order chi connectivity index (χ1) is 12.8. The van der Waals surface area contributed by atoms with Gasteiger partial charge in [0.25, 0.3) is 0 Å². The lowest BCUT2D eigenvalue weighted by Crippen LogP contribution is -2.47. The van der Waals surface area contributed by atoms with E-state index in [2.05, 4.69) is 40.0 Å². The predicted octanol–water partition coefficient (Wildman–Crippen LogP) is 1.10. The highest BCUT2D eigenvalue weighted by Gasteiger charge is 2.20. The van der Waals surface area contributed by atoms with Crippen molar-refractivity contribution in [3.8, 4) is 0 Å². The van der Waals surface area contributed by atoms with Crippen LogP contribution >= 0.6 is 0 Å². The topological polar surface area (TPSA) is 88.2 Å². The van der Waals surface area contributed by atoms with Gasteiger partial charge >= 0.3 is 0 Å². The summed E-state index contributed by atoms with van der Waals surface area (Å²) in [4.78, 5) is 17.8. The van der Waals surface area contributed by atoms with Crippen molar-refractivity contribution < 1.29 is 0 Å². The van der Waals surface area contributed by atoms with Crippen molar-refractivity contribution >= 4 is 28.4 Å². The third kappa shape index (κ3) is 2.48. The number of aromatic nitrogens is 7. The molecule has 9 nitrogen and oxygen atoms in total. The van der Waals surface area contributed by atoms with E-state index in [4.69, 9.17) is 0 Å². The maximum Gasteiger partial charge on any atom is 0.180 e. The monoisotopic (exact) mass is 347 g/mol. The molecule has 0 aliphatic carbocycles. The SMILES string of the molecule is Cc1nnc2ccc(N3CCN(c4ccc5nccnc5n4)CC3)nn12. The number of fused-ring (bicyclic) bond motifs is 2. The number of anilines is 2. The van der Waals surface area contributed by atoms with E-state index in [1.54, 1.807) is 16.9 Å². The van der Waals surface area contributed by atoms with Gasteiger partial charge < -0.3 is 9.80 Å². The molecule has 0 radical (unpaired) electrons. The lowest BCUT2D eigenvalue weighted by atomic mass is 10.3. The first-order valence-corrected chi connectivity index (χ1v) is 8.55. The highest BCUT2D eigenvalue weighted by atomic mass is 15.4. The van der Waals surface area contributed by atoms with Crippen LogP contribution < -0.4 is 9.80 Å². The average Bonchev–Trinajstić information content (AvgIpc) is 3.08. The van der Waals surface area contributed by atoms with Crippen molar-refractivity contribution in [2.24, 2.45) is 0 Å². The second-order valence-electron chi connectivity index (χ2n) is 6.25. The molecule has 9 heteroatoms. The molecule has 1 aliphatic heterocycles. The van der Waals surface area contributed by atoms with Crippen LogP contribution in [0.15, 0.2) is 36.7 Å². The lowest BCUT2D eigenvalue weighted by molar-refractivity contribution is 0.636. The van der Waals surface area contributed by atoms with Crippen LogP contribution in [0.3, 0.4) is 0 Å². The van der Waals surface area contributed by atoms with Gasteiger partial charge in [0, 0.05) is 38.6 Å². The number of aryl methyl sites for hydroxylation is 1. The van der Waals surface area contributed by atoms with Crippen LogP contribution in [0.1, 0.15) is 5.82 Å². The summed E-state index contributed by atoms with van der Waals surface area (Å²) in [5.41, 5.74) is 2.27. The Morgan fingerprint density at radius 2 is 1.54 bits per heavy atom. The van der Waals surface area contributed by atoms with Crippen molar-refractivity contribution in [3.63, 3.8) is 0 Å². The van der Waals surface area contributed by atoms with E-state index in [-0.39, 0.29) is 0 Å². The zero-order chi connectivity index (χ0) is 17.5. The van der Waals surface area contributed by atoms with Crippen LogP contribution in [0.25, 0.3) is 16.8 Å². The molecule has 0 atom stereocenters. The minimum absolute atomic E-state index is 0.683. The maximum atomic E-state index is 4.66. The number of pyridine rings is 1. The van der Waals surface area contributed by atoms with Gasteiger partial charge in [-0.2, -0.15) is 4.52 Å². The third-order valence-corrected chi connectivity index (χ3v) is 4.65. The molecule has 5 heterocycles. The van der Waals surface area contributed by atoms with Gasteiger partial charge in [-0.25, -0.2) is 9.97 Å². The fourth-order valence-electron chi connectivity index (χ4n) is 3.24. The number of hydrogen-bond acceptors (Lipinski definition) is 8. The van der Waals surface area contributed by atoms with E-state index in [0.29, 0.717) is 5.65 Å². The average molecular weight is 347 g/mol. The first-order valence-electron chi connectivity index (χ1n) is 8.55. The highest BCUT2D eigenvalue weighted by molar-refractivity contribution is 5.71. The summed E-state index contributed by atoms with van der Waals surface area (Å²) in [6, 6.07) is 7.94. The molecule has 130 valence electrons. The van der Waals surface area contributed by atoms with Gasteiger partial charge in [0.2, 0.25) is 0 Å². The Labute approximate surface area is 149 Å². The Bertz CT molecular complexity index is 1080. The molecule has 0 N–H and O–H groups in total. The van der Waals surface area contributed by atoms with Gasteiger partial charge in [-0.1, -0.05) is 0 Å². The second-order valence-corrected chi connectivity index (χ2v) is 6.25. The van der Waals surface area contributed by atoms with Crippen molar-refractivity contribution in [1.29, 1.82) is 0 Å². The van der Waals surface area contributed by atoms with E-state index in [0.717, 1.165) is 54.8 Å². The molecule has 4 aromatic heterocycles. The van der Waals surface area contributed by atoms with Crippen LogP contribution in [-0.4, -0.2) is 60.9 Å². The van der Waals surface area contributed by atoms with E-state index in [1.165, 1.54) is 0 Å². The maximum absolute atomic E-state index is 4.66. The zero-order valence-corrected chi connectivity index (χ0v) is 14.3. The quantitative estimate of drug-likeness (QED) is 0.533. The molecule has 0 amide bonds. The normalized spacial score (nSPS) is 15.1. The zero-order valence-electron chi connectivity index (χ0n) is 14.3. The van der Waals surface area contributed by atoms with E-state index < -0.39 is 0 Å². The summed E-state index contributed by atoms with van der Waals surface area (Å²) in [5.74, 6) is 2.68. The molecule has 0 saturated carbocycles.